The average molecular weight is 693 g/mol. The number of para-hydroxylation sites is 1. The monoisotopic (exact) mass is 692 g/mol. The molecule has 6 heteroatoms. The Morgan fingerprint density at radius 1 is 0.352 bits per heavy atom. The Kier molecular flexibility index (Phi) is 6.75. The van der Waals surface area contributed by atoms with Gasteiger partial charge in [0.1, 0.15) is 16.7 Å². The summed E-state index contributed by atoms with van der Waals surface area (Å²) in [6.45, 7) is 0. The summed E-state index contributed by atoms with van der Waals surface area (Å²) in [6.07, 6.45) is 0. The molecule has 0 bridgehead atoms. The highest BCUT2D eigenvalue weighted by Gasteiger charge is 2.25. The summed E-state index contributed by atoms with van der Waals surface area (Å²) in [4.78, 5) is 21.1. The van der Waals surface area contributed by atoms with Crippen LogP contribution in [0.15, 0.2) is 179 Å². The molecule has 54 heavy (non-hydrogen) atoms. The van der Waals surface area contributed by atoms with Gasteiger partial charge in [-0.25, -0.2) is 19.9 Å². The SMILES string of the molecule is c1ccc(-c2nc3c(-c4nc(-c5ccc6ccccc6c5)nc(-c5ccc6ccccc6c5-c5ccccc5)n4)c4c(cc3o2)oc2ccccc24)cc1. The van der Waals surface area contributed by atoms with Crippen molar-refractivity contribution in [2.24, 2.45) is 0 Å². The molecule has 0 spiro atoms. The number of aromatic nitrogens is 4. The molecule has 0 radical (unpaired) electrons. The molecule has 0 saturated carbocycles. The highest BCUT2D eigenvalue weighted by molar-refractivity contribution is 6.18. The van der Waals surface area contributed by atoms with Crippen LogP contribution in [0.2, 0.25) is 0 Å². The van der Waals surface area contributed by atoms with Gasteiger partial charge in [-0.2, -0.15) is 0 Å². The zero-order valence-electron chi connectivity index (χ0n) is 28.8. The molecule has 0 N–H and O–H groups in total. The fraction of sp³-hybridized carbons (Fsp3) is 0. The summed E-state index contributed by atoms with van der Waals surface area (Å²) < 4.78 is 13.0. The maximum atomic E-state index is 6.48. The third-order valence-corrected chi connectivity index (χ3v) is 10.1. The number of benzene rings is 8. The second-order valence-corrected chi connectivity index (χ2v) is 13.4. The van der Waals surface area contributed by atoms with Gasteiger partial charge in [-0.3, -0.25) is 0 Å². The van der Waals surface area contributed by atoms with Crippen LogP contribution in [0.1, 0.15) is 0 Å². The zero-order valence-corrected chi connectivity index (χ0v) is 28.8. The van der Waals surface area contributed by atoms with Crippen LogP contribution in [0.3, 0.4) is 0 Å². The number of rotatable bonds is 5. The van der Waals surface area contributed by atoms with E-state index in [4.69, 9.17) is 28.8 Å². The van der Waals surface area contributed by atoms with Crippen molar-refractivity contribution in [3.05, 3.63) is 170 Å². The van der Waals surface area contributed by atoms with Gasteiger partial charge in [0.25, 0.3) is 0 Å². The zero-order chi connectivity index (χ0) is 35.6. The lowest BCUT2D eigenvalue weighted by Gasteiger charge is -2.15. The standard InChI is InChI=1S/C48H28N4O2/c1-3-15-31(16-4-1)41-35-20-10-9-14-30(35)25-26-37(41)46-50-45(34-24-23-29-13-7-8-19-33(29)27-34)51-47(52-46)43-42-36-21-11-12-22-38(36)53-39(42)28-40-44(43)49-48(54-40)32-17-5-2-6-18-32/h1-28H. The van der Waals surface area contributed by atoms with Gasteiger partial charge >= 0.3 is 0 Å². The Morgan fingerprint density at radius 3 is 1.83 bits per heavy atom. The van der Waals surface area contributed by atoms with Gasteiger partial charge in [-0.1, -0.05) is 133 Å². The molecule has 0 unspecified atom stereocenters. The van der Waals surface area contributed by atoms with Gasteiger partial charge in [0.2, 0.25) is 5.89 Å². The third-order valence-electron chi connectivity index (χ3n) is 10.1. The van der Waals surface area contributed by atoms with E-state index in [2.05, 4.69) is 103 Å². The number of hydrogen-bond donors (Lipinski definition) is 0. The molecule has 11 aromatic rings. The largest absolute Gasteiger partial charge is 0.456 e. The Labute approximate surface area is 309 Å². The smallest absolute Gasteiger partial charge is 0.227 e. The second-order valence-electron chi connectivity index (χ2n) is 13.4. The van der Waals surface area contributed by atoms with Crippen LogP contribution in [-0.4, -0.2) is 19.9 Å². The van der Waals surface area contributed by atoms with E-state index in [-0.39, 0.29) is 0 Å². The quantitative estimate of drug-likeness (QED) is 0.179. The van der Waals surface area contributed by atoms with Crippen molar-refractivity contribution in [1.29, 1.82) is 0 Å². The molecule has 0 saturated heterocycles. The lowest BCUT2D eigenvalue weighted by Crippen LogP contribution is -2.02. The number of fused-ring (bicyclic) bond motifs is 6. The number of nitrogens with zero attached hydrogens (tertiary/aromatic N) is 4. The summed E-state index contributed by atoms with van der Waals surface area (Å²) in [7, 11) is 0. The predicted molar refractivity (Wildman–Crippen MR) is 217 cm³/mol. The van der Waals surface area contributed by atoms with Gasteiger partial charge in [0, 0.05) is 39.1 Å². The van der Waals surface area contributed by atoms with Crippen LogP contribution in [0, 0.1) is 0 Å². The van der Waals surface area contributed by atoms with E-state index in [1.165, 1.54) is 0 Å². The lowest BCUT2D eigenvalue weighted by molar-refractivity contribution is 0.617. The molecule has 0 fully saturated rings. The predicted octanol–water partition coefficient (Wildman–Crippen LogP) is 12.6. The second kappa shape index (κ2) is 12.1. The van der Waals surface area contributed by atoms with E-state index in [0.717, 1.165) is 71.3 Å². The molecular weight excluding hydrogens is 665 g/mol. The molecule has 6 nitrogen and oxygen atoms in total. The van der Waals surface area contributed by atoms with Gasteiger partial charge in [0.15, 0.2) is 23.1 Å². The number of hydrogen-bond acceptors (Lipinski definition) is 6. The minimum Gasteiger partial charge on any atom is -0.456 e. The highest BCUT2D eigenvalue weighted by atomic mass is 16.4. The first-order chi connectivity index (χ1) is 26.7. The molecule has 0 aliphatic heterocycles. The minimum absolute atomic E-state index is 0.477. The van der Waals surface area contributed by atoms with E-state index in [9.17, 15) is 0 Å². The fourth-order valence-corrected chi connectivity index (χ4v) is 7.63. The molecule has 0 aliphatic rings. The van der Waals surface area contributed by atoms with Crippen LogP contribution in [0.25, 0.3) is 111 Å². The molecule has 8 aromatic carbocycles. The first-order valence-corrected chi connectivity index (χ1v) is 17.9. The number of oxazole rings is 1. The van der Waals surface area contributed by atoms with Crippen molar-refractivity contribution >= 4 is 54.6 Å². The van der Waals surface area contributed by atoms with Crippen molar-refractivity contribution in [2.45, 2.75) is 0 Å². The summed E-state index contributed by atoms with van der Waals surface area (Å²) in [5.41, 5.74) is 8.17. The summed E-state index contributed by atoms with van der Waals surface area (Å²) in [5.74, 6) is 2.09. The maximum absolute atomic E-state index is 6.48. The molecule has 3 aromatic heterocycles. The molecule has 0 atom stereocenters. The topological polar surface area (TPSA) is 77.8 Å². The summed E-state index contributed by atoms with van der Waals surface area (Å²) >= 11 is 0. The average Bonchev–Trinajstić information content (AvgIpc) is 3.84. The number of furan rings is 1. The van der Waals surface area contributed by atoms with Crippen molar-refractivity contribution in [3.63, 3.8) is 0 Å². The molecule has 252 valence electrons. The van der Waals surface area contributed by atoms with Crippen LogP contribution < -0.4 is 0 Å². The van der Waals surface area contributed by atoms with E-state index in [0.29, 0.717) is 40.0 Å². The summed E-state index contributed by atoms with van der Waals surface area (Å²) in [5, 5.41) is 6.31. The lowest BCUT2D eigenvalue weighted by atomic mass is 9.93. The van der Waals surface area contributed by atoms with Crippen molar-refractivity contribution in [3.8, 4) is 56.7 Å². The van der Waals surface area contributed by atoms with Crippen molar-refractivity contribution in [2.75, 3.05) is 0 Å². The molecule has 3 heterocycles. The molecular formula is C48H28N4O2. The summed E-state index contributed by atoms with van der Waals surface area (Å²) in [6, 6.07) is 57.7. The van der Waals surface area contributed by atoms with Crippen LogP contribution in [0.5, 0.6) is 0 Å². The first-order valence-electron chi connectivity index (χ1n) is 17.9. The maximum Gasteiger partial charge on any atom is 0.227 e. The molecule has 0 amide bonds. The Balaban J connectivity index is 1.26. The minimum atomic E-state index is 0.477. The van der Waals surface area contributed by atoms with E-state index in [1.54, 1.807) is 0 Å². The van der Waals surface area contributed by atoms with Gasteiger partial charge in [-0.15, -0.1) is 0 Å². The Hall–Kier alpha value is -7.44. The van der Waals surface area contributed by atoms with Gasteiger partial charge in [-0.05, 0) is 57.4 Å². The molecule has 0 aliphatic carbocycles. The van der Waals surface area contributed by atoms with Crippen molar-refractivity contribution < 1.29 is 8.83 Å². The highest BCUT2D eigenvalue weighted by Crippen LogP contribution is 2.43. The Morgan fingerprint density at radius 2 is 1.00 bits per heavy atom. The van der Waals surface area contributed by atoms with Crippen LogP contribution in [-0.2, 0) is 0 Å². The normalized spacial score (nSPS) is 11.7. The van der Waals surface area contributed by atoms with E-state index >= 15 is 0 Å². The van der Waals surface area contributed by atoms with Gasteiger partial charge < -0.3 is 8.83 Å². The third kappa shape index (κ3) is 4.89. The van der Waals surface area contributed by atoms with Crippen LogP contribution in [0.4, 0.5) is 0 Å². The van der Waals surface area contributed by atoms with Crippen LogP contribution >= 0.6 is 0 Å². The fourth-order valence-electron chi connectivity index (χ4n) is 7.63. The first kappa shape index (κ1) is 30.2. The van der Waals surface area contributed by atoms with E-state index < -0.39 is 0 Å². The van der Waals surface area contributed by atoms with Crippen molar-refractivity contribution in [1.82, 2.24) is 19.9 Å². The molecule has 11 rings (SSSR count). The van der Waals surface area contributed by atoms with E-state index in [1.807, 2.05) is 66.7 Å². The Bertz CT molecular complexity index is 3220. The van der Waals surface area contributed by atoms with Gasteiger partial charge in [0.05, 0.1) is 5.56 Å².